The standard InChI is InChI=1S/C24H25N3O4S/c1-29-16-6-4-15(5-7-16)10-11-27-13-20(28)22(23(27)25)24-26-19(14-32-24)18-12-17(30-2)8-9-21(18)31-3/h4-9,12,14,25,28H,10-11,13H2,1-3H3. The monoisotopic (exact) mass is 451 g/mol. The van der Waals surface area contributed by atoms with Gasteiger partial charge in [0.05, 0.1) is 39.1 Å². The number of thiazole rings is 1. The van der Waals surface area contributed by atoms with Crippen LogP contribution in [0.15, 0.2) is 53.6 Å². The Kier molecular flexibility index (Phi) is 6.32. The van der Waals surface area contributed by atoms with Crippen LogP contribution in [0.1, 0.15) is 10.6 Å². The molecule has 0 unspecified atom stereocenters. The van der Waals surface area contributed by atoms with Crippen molar-refractivity contribution in [1.29, 1.82) is 5.41 Å². The molecule has 0 radical (unpaired) electrons. The van der Waals surface area contributed by atoms with Crippen LogP contribution in [0.25, 0.3) is 16.8 Å². The fourth-order valence-electron chi connectivity index (χ4n) is 3.63. The summed E-state index contributed by atoms with van der Waals surface area (Å²) in [5.74, 6) is 2.66. The number of nitrogens with one attached hydrogen (secondary N) is 1. The predicted molar refractivity (Wildman–Crippen MR) is 126 cm³/mol. The number of hydrogen-bond donors (Lipinski definition) is 2. The quantitative estimate of drug-likeness (QED) is 0.519. The zero-order valence-electron chi connectivity index (χ0n) is 18.2. The molecule has 8 heteroatoms. The van der Waals surface area contributed by atoms with Crippen molar-refractivity contribution in [2.24, 2.45) is 0 Å². The third-order valence-corrected chi connectivity index (χ3v) is 6.27. The molecule has 32 heavy (non-hydrogen) atoms. The number of rotatable bonds is 8. The van der Waals surface area contributed by atoms with Gasteiger partial charge in [0, 0.05) is 17.5 Å². The smallest absolute Gasteiger partial charge is 0.135 e. The fourth-order valence-corrected chi connectivity index (χ4v) is 4.52. The minimum atomic E-state index is 0.170. The highest BCUT2D eigenvalue weighted by Gasteiger charge is 2.30. The Balaban J connectivity index is 1.50. The van der Waals surface area contributed by atoms with Gasteiger partial charge in [-0.25, -0.2) is 4.98 Å². The van der Waals surface area contributed by atoms with E-state index >= 15 is 0 Å². The summed E-state index contributed by atoms with van der Waals surface area (Å²) in [5.41, 5.74) is 3.15. The zero-order chi connectivity index (χ0) is 22.7. The molecule has 2 aromatic carbocycles. The van der Waals surface area contributed by atoms with Crippen molar-refractivity contribution >= 4 is 22.7 Å². The van der Waals surface area contributed by atoms with Gasteiger partial charge < -0.3 is 24.2 Å². The van der Waals surface area contributed by atoms with Gasteiger partial charge in [-0.1, -0.05) is 12.1 Å². The van der Waals surface area contributed by atoms with Crippen molar-refractivity contribution in [3.05, 3.63) is 64.2 Å². The number of amidine groups is 1. The summed E-state index contributed by atoms with van der Waals surface area (Å²) < 4.78 is 16.0. The fraction of sp³-hybridized carbons (Fsp3) is 0.250. The van der Waals surface area contributed by atoms with Crippen LogP contribution in [-0.4, -0.2) is 55.2 Å². The highest BCUT2D eigenvalue weighted by Crippen LogP contribution is 2.37. The molecule has 0 saturated heterocycles. The van der Waals surface area contributed by atoms with Crippen molar-refractivity contribution in [2.75, 3.05) is 34.4 Å². The van der Waals surface area contributed by atoms with Crippen LogP contribution in [0.3, 0.4) is 0 Å². The van der Waals surface area contributed by atoms with E-state index in [-0.39, 0.29) is 11.6 Å². The van der Waals surface area contributed by atoms with Crippen molar-refractivity contribution in [2.45, 2.75) is 6.42 Å². The third kappa shape index (κ3) is 4.27. The maximum atomic E-state index is 10.6. The van der Waals surface area contributed by atoms with E-state index in [4.69, 9.17) is 24.6 Å². The first-order valence-corrected chi connectivity index (χ1v) is 11.0. The summed E-state index contributed by atoms with van der Waals surface area (Å²) in [5, 5.41) is 21.8. The molecule has 0 amide bonds. The third-order valence-electron chi connectivity index (χ3n) is 5.41. The topological polar surface area (TPSA) is 87.9 Å². The molecule has 2 N–H and O–H groups in total. The summed E-state index contributed by atoms with van der Waals surface area (Å²) in [6.07, 6.45) is 0.761. The van der Waals surface area contributed by atoms with Gasteiger partial charge in [0.2, 0.25) is 0 Å². The van der Waals surface area contributed by atoms with Crippen LogP contribution < -0.4 is 14.2 Å². The van der Waals surface area contributed by atoms with Crippen LogP contribution >= 0.6 is 11.3 Å². The number of nitrogens with zero attached hydrogens (tertiary/aromatic N) is 2. The highest BCUT2D eigenvalue weighted by atomic mass is 32.1. The zero-order valence-corrected chi connectivity index (χ0v) is 19.0. The second-order valence-corrected chi connectivity index (χ2v) is 8.15. The Morgan fingerprint density at radius 1 is 1.03 bits per heavy atom. The van der Waals surface area contributed by atoms with E-state index in [1.54, 1.807) is 21.3 Å². The first-order valence-electron chi connectivity index (χ1n) is 10.1. The molecule has 1 aromatic heterocycles. The number of benzene rings is 2. The molecule has 0 fully saturated rings. The lowest BCUT2D eigenvalue weighted by Gasteiger charge is -2.18. The van der Waals surface area contributed by atoms with Crippen LogP contribution in [0, 0.1) is 5.41 Å². The number of aliphatic hydroxyl groups is 1. The summed E-state index contributed by atoms with van der Waals surface area (Å²) in [6.45, 7) is 0.933. The maximum absolute atomic E-state index is 10.6. The Labute approximate surface area is 191 Å². The molecule has 4 rings (SSSR count). The molecule has 1 aliphatic rings. The van der Waals surface area contributed by atoms with Gasteiger partial charge in [0.25, 0.3) is 0 Å². The Morgan fingerprint density at radius 3 is 2.44 bits per heavy atom. The lowest BCUT2D eigenvalue weighted by molar-refractivity contribution is 0.351. The van der Waals surface area contributed by atoms with E-state index in [0.717, 1.165) is 23.3 Å². The van der Waals surface area contributed by atoms with Crippen molar-refractivity contribution in [3.63, 3.8) is 0 Å². The molecule has 166 valence electrons. The average molecular weight is 452 g/mol. The molecule has 0 aliphatic carbocycles. The molecule has 2 heterocycles. The van der Waals surface area contributed by atoms with E-state index in [1.807, 2.05) is 52.7 Å². The van der Waals surface area contributed by atoms with Gasteiger partial charge in [-0.2, -0.15) is 0 Å². The largest absolute Gasteiger partial charge is 0.510 e. The van der Waals surface area contributed by atoms with Gasteiger partial charge in [0.1, 0.15) is 33.9 Å². The number of ether oxygens (including phenoxy) is 3. The lowest BCUT2D eigenvalue weighted by atomic mass is 10.1. The average Bonchev–Trinajstić information content (AvgIpc) is 3.41. The van der Waals surface area contributed by atoms with E-state index < -0.39 is 0 Å². The van der Waals surface area contributed by atoms with Gasteiger partial charge in [-0.15, -0.1) is 11.3 Å². The number of aliphatic hydroxyl groups excluding tert-OH is 1. The Morgan fingerprint density at radius 2 is 1.75 bits per heavy atom. The minimum absolute atomic E-state index is 0.170. The van der Waals surface area contributed by atoms with Crippen molar-refractivity contribution in [1.82, 2.24) is 9.88 Å². The van der Waals surface area contributed by atoms with E-state index in [9.17, 15) is 5.11 Å². The normalized spacial score (nSPS) is 13.6. The Bertz CT molecular complexity index is 1150. The van der Waals surface area contributed by atoms with Gasteiger partial charge >= 0.3 is 0 Å². The maximum Gasteiger partial charge on any atom is 0.135 e. The van der Waals surface area contributed by atoms with Crippen molar-refractivity contribution < 1.29 is 19.3 Å². The summed E-state index contributed by atoms with van der Waals surface area (Å²) in [7, 11) is 4.87. The number of hydrogen-bond acceptors (Lipinski definition) is 7. The Hall–Kier alpha value is -3.52. The second-order valence-electron chi connectivity index (χ2n) is 7.29. The predicted octanol–water partition coefficient (Wildman–Crippen LogP) is 4.64. The minimum Gasteiger partial charge on any atom is -0.510 e. The molecular formula is C24H25N3O4S. The molecular weight excluding hydrogens is 426 g/mol. The second kappa shape index (κ2) is 9.32. The van der Waals surface area contributed by atoms with Crippen LogP contribution in [0.4, 0.5) is 0 Å². The van der Waals surface area contributed by atoms with Gasteiger partial charge in [-0.05, 0) is 42.3 Å². The number of aromatic nitrogens is 1. The summed E-state index contributed by atoms with van der Waals surface area (Å²) in [4.78, 5) is 6.57. The van der Waals surface area contributed by atoms with E-state index in [0.29, 0.717) is 40.9 Å². The first-order chi connectivity index (χ1) is 15.5. The summed E-state index contributed by atoms with van der Waals surface area (Å²) in [6, 6.07) is 13.4. The molecule has 0 spiro atoms. The van der Waals surface area contributed by atoms with Crippen LogP contribution in [0.5, 0.6) is 17.2 Å². The number of methoxy groups -OCH3 is 3. The molecule has 3 aromatic rings. The molecule has 0 atom stereocenters. The lowest BCUT2D eigenvalue weighted by Crippen LogP contribution is -2.28. The SMILES string of the molecule is COc1ccc(CCN2CC(O)=C(c3nc(-c4cc(OC)ccc4OC)cs3)C2=N)cc1. The molecule has 1 aliphatic heterocycles. The van der Waals surface area contributed by atoms with E-state index in [2.05, 4.69) is 0 Å². The van der Waals surface area contributed by atoms with Crippen molar-refractivity contribution in [3.8, 4) is 28.5 Å². The highest BCUT2D eigenvalue weighted by molar-refractivity contribution is 7.11. The molecule has 0 saturated carbocycles. The van der Waals surface area contributed by atoms with Gasteiger partial charge in [0.15, 0.2) is 0 Å². The van der Waals surface area contributed by atoms with Gasteiger partial charge in [-0.3, -0.25) is 5.41 Å². The molecule has 0 bridgehead atoms. The first kappa shape index (κ1) is 21.7. The molecule has 7 nitrogen and oxygen atoms in total. The van der Waals surface area contributed by atoms with E-state index in [1.165, 1.54) is 11.3 Å². The summed E-state index contributed by atoms with van der Waals surface area (Å²) >= 11 is 1.40. The van der Waals surface area contributed by atoms with Crippen LogP contribution in [0.2, 0.25) is 0 Å². The van der Waals surface area contributed by atoms with Crippen LogP contribution in [-0.2, 0) is 6.42 Å².